The van der Waals surface area contributed by atoms with Crippen LogP contribution in [0.25, 0.3) is 22.2 Å². The van der Waals surface area contributed by atoms with Crippen molar-refractivity contribution >= 4 is 22.7 Å². The molecule has 2 aromatic heterocycles. The standard InChI is InChI=1S/C26H30N6O2/c1-31-12-14-32(15-13-31)17-18-4-8-20(9-5-18)28-26-29-24-23(25(30-26)34-3)22(16-27-24)19-6-10-21(33-2)11-7-19/h4-11,16H,12-15,17H2,1-3H3,(H2,27,28,29,30). The molecule has 8 nitrogen and oxygen atoms in total. The fraction of sp³-hybridized carbons (Fsp3) is 0.308. The van der Waals surface area contributed by atoms with Crippen molar-refractivity contribution in [2.45, 2.75) is 6.54 Å². The second kappa shape index (κ2) is 9.70. The number of benzene rings is 2. The zero-order valence-electron chi connectivity index (χ0n) is 19.8. The number of ether oxygens (including phenoxy) is 2. The topological polar surface area (TPSA) is 78.5 Å². The van der Waals surface area contributed by atoms with Crippen LogP contribution < -0.4 is 14.8 Å². The van der Waals surface area contributed by atoms with Crippen molar-refractivity contribution in [1.29, 1.82) is 0 Å². The van der Waals surface area contributed by atoms with E-state index in [-0.39, 0.29) is 0 Å². The predicted octanol–water partition coefficient (Wildman–Crippen LogP) is 4.13. The second-order valence-corrected chi connectivity index (χ2v) is 8.61. The quantitative estimate of drug-likeness (QED) is 0.431. The van der Waals surface area contributed by atoms with E-state index in [1.807, 2.05) is 30.5 Å². The molecule has 2 N–H and O–H groups in total. The van der Waals surface area contributed by atoms with Gasteiger partial charge in [0.15, 0.2) is 0 Å². The number of hydrogen-bond donors (Lipinski definition) is 2. The van der Waals surface area contributed by atoms with Gasteiger partial charge in [-0.05, 0) is 42.4 Å². The Morgan fingerprint density at radius 2 is 1.65 bits per heavy atom. The summed E-state index contributed by atoms with van der Waals surface area (Å²) in [6, 6.07) is 16.4. The highest BCUT2D eigenvalue weighted by molar-refractivity contribution is 5.97. The maximum Gasteiger partial charge on any atom is 0.232 e. The summed E-state index contributed by atoms with van der Waals surface area (Å²) in [6.45, 7) is 5.44. The lowest BCUT2D eigenvalue weighted by atomic mass is 10.1. The van der Waals surface area contributed by atoms with Crippen molar-refractivity contribution in [2.75, 3.05) is 52.8 Å². The fourth-order valence-corrected chi connectivity index (χ4v) is 4.29. The summed E-state index contributed by atoms with van der Waals surface area (Å²) in [4.78, 5) is 17.4. The molecule has 0 spiro atoms. The lowest BCUT2D eigenvalue weighted by molar-refractivity contribution is 0.148. The highest BCUT2D eigenvalue weighted by Crippen LogP contribution is 2.35. The monoisotopic (exact) mass is 458 g/mol. The number of piperazine rings is 1. The molecule has 2 aromatic carbocycles. The first-order chi connectivity index (χ1) is 16.6. The van der Waals surface area contributed by atoms with E-state index in [4.69, 9.17) is 9.47 Å². The number of nitrogens with zero attached hydrogens (tertiary/aromatic N) is 4. The number of likely N-dealkylation sites (N-methyl/N-ethyl adjacent to an activating group) is 1. The number of aromatic amines is 1. The Morgan fingerprint density at radius 1 is 0.912 bits per heavy atom. The maximum atomic E-state index is 5.64. The number of hydrogen-bond acceptors (Lipinski definition) is 7. The van der Waals surface area contributed by atoms with Gasteiger partial charge in [-0.15, -0.1) is 0 Å². The van der Waals surface area contributed by atoms with Gasteiger partial charge in [-0.3, -0.25) is 4.90 Å². The first kappa shape index (κ1) is 22.2. The minimum absolute atomic E-state index is 0.485. The molecule has 3 heterocycles. The number of anilines is 2. The van der Waals surface area contributed by atoms with Gasteiger partial charge >= 0.3 is 0 Å². The third-order valence-corrected chi connectivity index (χ3v) is 6.30. The number of aromatic nitrogens is 3. The average molecular weight is 459 g/mol. The van der Waals surface area contributed by atoms with Crippen LogP contribution in [0.3, 0.4) is 0 Å². The van der Waals surface area contributed by atoms with Crippen LogP contribution in [-0.2, 0) is 6.54 Å². The van der Waals surface area contributed by atoms with Gasteiger partial charge in [-0.2, -0.15) is 9.97 Å². The minimum Gasteiger partial charge on any atom is -0.497 e. The molecule has 0 atom stereocenters. The van der Waals surface area contributed by atoms with Crippen molar-refractivity contribution in [1.82, 2.24) is 24.8 Å². The Balaban J connectivity index is 1.34. The minimum atomic E-state index is 0.485. The molecule has 1 saturated heterocycles. The molecule has 0 radical (unpaired) electrons. The number of H-pyrrole nitrogens is 1. The van der Waals surface area contributed by atoms with Crippen molar-refractivity contribution in [3.8, 4) is 22.8 Å². The molecule has 0 unspecified atom stereocenters. The lowest BCUT2D eigenvalue weighted by Crippen LogP contribution is -2.43. The molecular weight excluding hydrogens is 428 g/mol. The molecule has 0 aliphatic carbocycles. The van der Waals surface area contributed by atoms with Gasteiger partial charge in [-0.1, -0.05) is 24.3 Å². The van der Waals surface area contributed by atoms with Gasteiger partial charge in [0.2, 0.25) is 11.8 Å². The number of rotatable bonds is 7. The van der Waals surface area contributed by atoms with Crippen LogP contribution in [0.15, 0.2) is 54.7 Å². The molecule has 5 rings (SSSR count). The van der Waals surface area contributed by atoms with E-state index in [1.54, 1.807) is 14.2 Å². The number of methoxy groups -OCH3 is 2. The first-order valence-corrected chi connectivity index (χ1v) is 11.5. The van der Waals surface area contributed by atoms with Crippen molar-refractivity contribution in [2.24, 2.45) is 0 Å². The summed E-state index contributed by atoms with van der Waals surface area (Å²) >= 11 is 0. The molecule has 8 heteroatoms. The number of fused-ring (bicyclic) bond motifs is 1. The van der Waals surface area contributed by atoms with Gasteiger partial charge < -0.3 is 24.7 Å². The third kappa shape index (κ3) is 4.69. The predicted molar refractivity (Wildman–Crippen MR) is 135 cm³/mol. The zero-order chi connectivity index (χ0) is 23.5. The largest absolute Gasteiger partial charge is 0.497 e. The molecule has 176 valence electrons. The van der Waals surface area contributed by atoms with Crippen LogP contribution in [0, 0.1) is 0 Å². The SMILES string of the molecule is COc1ccc(-c2c[nH]c3nc(Nc4ccc(CN5CCN(C)CC5)cc4)nc(OC)c23)cc1. The van der Waals surface area contributed by atoms with E-state index in [0.717, 1.165) is 60.7 Å². The van der Waals surface area contributed by atoms with Crippen LogP contribution in [0.4, 0.5) is 11.6 Å². The summed E-state index contributed by atoms with van der Waals surface area (Å²) in [5, 5.41) is 4.16. The Bertz CT molecular complexity index is 1250. The van der Waals surface area contributed by atoms with Gasteiger partial charge in [0.1, 0.15) is 11.4 Å². The smallest absolute Gasteiger partial charge is 0.232 e. The molecular formula is C26H30N6O2. The molecule has 4 aromatic rings. The van der Waals surface area contributed by atoms with Crippen molar-refractivity contribution in [3.05, 3.63) is 60.3 Å². The Morgan fingerprint density at radius 3 is 2.32 bits per heavy atom. The Labute approximate surface area is 199 Å². The third-order valence-electron chi connectivity index (χ3n) is 6.30. The number of nitrogens with one attached hydrogen (secondary N) is 2. The summed E-state index contributed by atoms with van der Waals surface area (Å²) in [5.41, 5.74) is 4.97. The maximum absolute atomic E-state index is 5.64. The zero-order valence-corrected chi connectivity index (χ0v) is 19.8. The van der Waals surface area contributed by atoms with Crippen molar-refractivity contribution in [3.63, 3.8) is 0 Å². The van der Waals surface area contributed by atoms with Crippen LogP contribution >= 0.6 is 0 Å². The van der Waals surface area contributed by atoms with E-state index in [9.17, 15) is 0 Å². The Kier molecular flexibility index (Phi) is 6.33. The highest BCUT2D eigenvalue weighted by Gasteiger charge is 2.17. The fourth-order valence-electron chi connectivity index (χ4n) is 4.29. The van der Waals surface area contributed by atoms with Crippen LogP contribution in [0.5, 0.6) is 11.6 Å². The summed E-state index contributed by atoms with van der Waals surface area (Å²) in [7, 11) is 5.47. The van der Waals surface area contributed by atoms with E-state index in [2.05, 4.69) is 61.4 Å². The van der Waals surface area contributed by atoms with Crippen LogP contribution in [-0.4, -0.2) is 72.2 Å². The second-order valence-electron chi connectivity index (χ2n) is 8.61. The van der Waals surface area contributed by atoms with Gasteiger partial charge in [0.25, 0.3) is 0 Å². The lowest BCUT2D eigenvalue weighted by Gasteiger charge is -2.32. The summed E-state index contributed by atoms with van der Waals surface area (Å²) in [6.07, 6.45) is 1.93. The molecule has 1 aliphatic heterocycles. The molecule has 0 saturated carbocycles. The van der Waals surface area contributed by atoms with E-state index in [0.29, 0.717) is 17.5 Å². The molecule has 1 fully saturated rings. The summed E-state index contributed by atoms with van der Waals surface area (Å²) in [5.74, 6) is 1.82. The van der Waals surface area contributed by atoms with Crippen LogP contribution in [0.1, 0.15) is 5.56 Å². The van der Waals surface area contributed by atoms with Gasteiger partial charge in [0.05, 0.1) is 19.6 Å². The van der Waals surface area contributed by atoms with Crippen molar-refractivity contribution < 1.29 is 9.47 Å². The Hall–Kier alpha value is -3.62. The van der Waals surface area contributed by atoms with Crippen LogP contribution in [0.2, 0.25) is 0 Å². The van der Waals surface area contributed by atoms with E-state index in [1.165, 1.54) is 5.56 Å². The van der Waals surface area contributed by atoms with Gasteiger partial charge in [-0.25, -0.2) is 0 Å². The van der Waals surface area contributed by atoms with E-state index < -0.39 is 0 Å². The normalized spacial score (nSPS) is 14.9. The average Bonchev–Trinajstić information content (AvgIpc) is 3.30. The molecule has 1 aliphatic rings. The summed E-state index contributed by atoms with van der Waals surface area (Å²) < 4.78 is 10.9. The first-order valence-electron chi connectivity index (χ1n) is 11.5. The highest BCUT2D eigenvalue weighted by atomic mass is 16.5. The van der Waals surface area contributed by atoms with E-state index >= 15 is 0 Å². The van der Waals surface area contributed by atoms with Gasteiger partial charge in [0, 0.05) is 50.2 Å². The molecule has 34 heavy (non-hydrogen) atoms. The molecule has 0 amide bonds. The molecule has 0 bridgehead atoms.